The van der Waals surface area contributed by atoms with E-state index < -0.39 is 0 Å². The topological polar surface area (TPSA) is 48.8 Å². The third-order valence-corrected chi connectivity index (χ3v) is 5.75. The Bertz CT molecular complexity index is 1040. The largest absolute Gasteiger partial charge is 0.342 e. The Hall–Kier alpha value is -3.28. The quantitative estimate of drug-likeness (QED) is 0.717. The maximum absolute atomic E-state index is 13.6. The van der Waals surface area contributed by atoms with Crippen LogP contribution in [0.25, 0.3) is 5.70 Å². The van der Waals surface area contributed by atoms with Gasteiger partial charge in [0, 0.05) is 55.3 Å². The number of benzene rings is 1. The van der Waals surface area contributed by atoms with Crippen LogP contribution in [0.1, 0.15) is 34.3 Å². The van der Waals surface area contributed by atoms with Gasteiger partial charge in [0.15, 0.2) is 5.78 Å². The highest BCUT2D eigenvalue weighted by Crippen LogP contribution is 2.28. The molecule has 1 unspecified atom stereocenters. The Morgan fingerprint density at radius 3 is 2.73 bits per heavy atom. The van der Waals surface area contributed by atoms with Crippen LogP contribution in [0.5, 0.6) is 0 Å². The molecule has 0 amide bonds. The molecule has 4 rings (SSSR count). The number of Topliss-reactive ketones (excluding diaryl/α,β-unsaturated/α-hetero) is 1. The summed E-state index contributed by atoms with van der Waals surface area (Å²) < 4.78 is 13.6. The molecule has 0 saturated carbocycles. The summed E-state index contributed by atoms with van der Waals surface area (Å²) in [5.74, 6) is 0.417. The summed E-state index contributed by atoms with van der Waals surface area (Å²) in [7, 11) is 1.94. The second kappa shape index (κ2) is 8.22. The number of rotatable bonds is 3. The summed E-state index contributed by atoms with van der Waals surface area (Å²) in [5, 5.41) is 0. The molecule has 0 bridgehead atoms. The van der Waals surface area contributed by atoms with Crippen molar-refractivity contribution in [3.8, 4) is 0 Å². The maximum atomic E-state index is 13.6. The molecular formula is C24H25FN4O. The van der Waals surface area contributed by atoms with Crippen molar-refractivity contribution in [2.45, 2.75) is 19.8 Å². The van der Waals surface area contributed by atoms with Gasteiger partial charge in [-0.2, -0.15) is 0 Å². The minimum Gasteiger partial charge on any atom is -0.342 e. The van der Waals surface area contributed by atoms with E-state index >= 15 is 0 Å². The van der Waals surface area contributed by atoms with Crippen LogP contribution in [-0.4, -0.2) is 46.7 Å². The second-order valence-corrected chi connectivity index (χ2v) is 7.84. The number of allylic oxidation sites excluding steroid dienone is 1. The fourth-order valence-electron chi connectivity index (χ4n) is 3.96. The molecule has 1 saturated heterocycles. The van der Waals surface area contributed by atoms with E-state index in [1.807, 2.05) is 30.2 Å². The van der Waals surface area contributed by atoms with Crippen molar-refractivity contribution in [1.82, 2.24) is 14.8 Å². The first-order chi connectivity index (χ1) is 14.4. The highest BCUT2D eigenvalue weighted by atomic mass is 19.1. The number of nitrogens with zero attached hydrogens (tertiary/aromatic N) is 4. The molecular weight excluding hydrogens is 379 g/mol. The van der Waals surface area contributed by atoms with Gasteiger partial charge < -0.3 is 9.80 Å². The number of ketones is 1. The number of piperidine rings is 1. The molecule has 2 aliphatic heterocycles. The van der Waals surface area contributed by atoms with E-state index in [-0.39, 0.29) is 17.5 Å². The number of likely N-dealkylation sites (N-methyl/N-ethyl adjacent to an activating group) is 1. The van der Waals surface area contributed by atoms with Gasteiger partial charge in [-0.15, -0.1) is 0 Å². The lowest BCUT2D eigenvalue weighted by molar-refractivity contribution is 0.0862. The first kappa shape index (κ1) is 20.0. The minimum absolute atomic E-state index is 0.0607. The SMILES string of the molecule is C=C1C=C(c2ccncc2)N=C(N2CCCC(C(=O)c3ccc(F)c(C)c3)C2)N1C. The van der Waals surface area contributed by atoms with Crippen LogP contribution < -0.4 is 0 Å². The summed E-state index contributed by atoms with van der Waals surface area (Å²) in [6.07, 6.45) is 7.15. The number of aryl methyl sites for hydroxylation is 1. The number of aromatic nitrogens is 1. The summed E-state index contributed by atoms with van der Waals surface area (Å²) >= 11 is 0. The lowest BCUT2D eigenvalue weighted by Crippen LogP contribution is -2.48. The van der Waals surface area contributed by atoms with Gasteiger partial charge in [-0.3, -0.25) is 9.78 Å². The molecule has 1 aromatic carbocycles. The molecule has 30 heavy (non-hydrogen) atoms. The fourth-order valence-corrected chi connectivity index (χ4v) is 3.96. The van der Waals surface area contributed by atoms with Gasteiger partial charge in [-0.1, -0.05) is 6.58 Å². The molecule has 0 spiro atoms. The average Bonchev–Trinajstić information content (AvgIpc) is 2.77. The highest BCUT2D eigenvalue weighted by molar-refractivity contribution is 5.99. The van der Waals surface area contributed by atoms with E-state index in [1.54, 1.807) is 31.5 Å². The van der Waals surface area contributed by atoms with Gasteiger partial charge in [0.25, 0.3) is 0 Å². The summed E-state index contributed by atoms with van der Waals surface area (Å²) in [4.78, 5) is 26.1. The van der Waals surface area contributed by atoms with Crippen molar-refractivity contribution in [3.05, 3.63) is 83.6 Å². The first-order valence-corrected chi connectivity index (χ1v) is 10.1. The Balaban J connectivity index is 1.58. The predicted molar refractivity (Wildman–Crippen MR) is 116 cm³/mol. The van der Waals surface area contributed by atoms with Crippen LogP contribution in [0.2, 0.25) is 0 Å². The van der Waals surface area contributed by atoms with Crippen LogP contribution in [0, 0.1) is 18.7 Å². The smallest absolute Gasteiger partial charge is 0.206 e. The summed E-state index contributed by atoms with van der Waals surface area (Å²) in [6, 6.07) is 8.45. The highest BCUT2D eigenvalue weighted by Gasteiger charge is 2.31. The number of aliphatic imine (C=N–C) groups is 1. The molecule has 5 nitrogen and oxygen atoms in total. The lowest BCUT2D eigenvalue weighted by atomic mass is 9.89. The van der Waals surface area contributed by atoms with E-state index in [2.05, 4.69) is 16.5 Å². The Morgan fingerprint density at radius 2 is 2.00 bits per heavy atom. The van der Waals surface area contributed by atoms with Crippen molar-refractivity contribution in [1.29, 1.82) is 0 Å². The molecule has 3 heterocycles. The van der Waals surface area contributed by atoms with Gasteiger partial charge in [-0.05, 0) is 61.7 Å². The lowest BCUT2D eigenvalue weighted by Gasteiger charge is -2.39. The standard InChI is InChI=1S/C24H25FN4O/c1-16-13-19(6-7-21(16)25)23(30)20-5-4-12-29(15-20)24-27-22(14-17(2)28(24)3)18-8-10-26-11-9-18/h6-11,13-14,20H,2,4-5,12,15H2,1,3H3. The zero-order valence-corrected chi connectivity index (χ0v) is 17.3. The Kier molecular flexibility index (Phi) is 5.48. The van der Waals surface area contributed by atoms with Crippen LogP contribution >= 0.6 is 0 Å². The Labute approximate surface area is 176 Å². The van der Waals surface area contributed by atoms with Gasteiger partial charge >= 0.3 is 0 Å². The number of guanidine groups is 1. The zero-order valence-electron chi connectivity index (χ0n) is 17.3. The third-order valence-electron chi connectivity index (χ3n) is 5.75. The average molecular weight is 404 g/mol. The van der Waals surface area contributed by atoms with E-state index in [0.29, 0.717) is 17.7 Å². The molecule has 1 fully saturated rings. The van der Waals surface area contributed by atoms with Gasteiger partial charge in [0.2, 0.25) is 5.96 Å². The summed E-state index contributed by atoms with van der Waals surface area (Å²) in [5.41, 5.74) is 3.71. The zero-order chi connectivity index (χ0) is 21.3. The molecule has 1 aromatic heterocycles. The van der Waals surface area contributed by atoms with Crippen LogP contribution in [0.3, 0.4) is 0 Å². The minimum atomic E-state index is -0.288. The number of likely N-dealkylation sites (tertiary alicyclic amines) is 1. The monoisotopic (exact) mass is 404 g/mol. The van der Waals surface area contributed by atoms with Crippen LogP contribution in [-0.2, 0) is 0 Å². The van der Waals surface area contributed by atoms with Crippen LogP contribution in [0.15, 0.2) is 66.1 Å². The molecule has 6 heteroatoms. The first-order valence-electron chi connectivity index (χ1n) is 10.1. The molecule has 154 valence electrons. The van der Waals surface area contributed by atoms with Gasteiger partial charge in [0.1, 0.15) is 5.82 Å². The molecule has 1 atom stereocenters. The number of hydrogen-bond donors (Lipinski definition) is 0. The maximum Gasteiger partial charge on any atom is 0.206 e. The molecule has 0 radical (unpaired) electrons. The molecule has 0 N–H and O–H groups in total. The predicted octanol–water partition coefficient (Wildman–Crippen LogP) is 4.28. The van der Waals surface area contributed by atoms with E-state index in [1.165, 1.54) is 6.07 Å². The van der Waals surface area contributed by atoms with Gasteiger partial charge in [-0.25, -0.2) is 9.38 Å². The normalized spacial score (nSPS) is 19.4. The van der Waals surface area contributed by atoms with E-state index in [0.717, 1.165) is 42.3 Å². The van der Waals surface area contributed by atoms with Crippen molar-refractivity contribution in [2.24, 2.45) is 10.9 Å². The van der Waals surface area contributed by atoms with Crippen molar-refractivity contribution in [2.75, 3.05) is 20.1 Å². The van der Waals surface area contributed by atoms with E-state index in [9.17, 15) is 9.18 Å². The van der Waals surface area contributed by atoms with Gasteiger partial charge in [0.05, 0.1) is 5.70 Å². The molecule has 2 aromatic rings. The summed E-state index contributed by atoms with van der Waals surface area (Å²) in [6.45, 7) is 7.25. The Morgan fingerprint density at radius 1 is 1.23 bits per heavy atom. The van der Waals surface area contributed by atoms with E-state index in [4.69, 9.17) is 4.99 Å². The molecule has 0 aliphatic carbocycles. The van der Waals surface area contributed by atoms with Crippen LogP contribution in [0.4, 0.5) is 4.39 Å². The van der Waals surface area contributed by atoms with Crippen molar-refractivity contribution in [3.63, 3.8) is 0 Å². The van der Waals surface area contributed by atoms with Crippen molar-refractivity contribution < 1.29 is 9.18 Å². The number of pyridine rings is 1. The number of hydrogen-bond acceptors (Lipinski definition) is 5. The number of carbonyl (C=O) groups is 1. The second-order valence-electron chi connectivity index (χ2n) is 7.84. The number of halogens is 1. The third kappa shape index (κ3) is 3.90. The fraction of sp³-hybridized carbons (Fsp3) is 0.292. The van der Waals surface area contributed by atoms with Crippen molar-refractivity contribution >= 4 is 17.4 Å². The number of carbonyl (C=O) groups excluding carboxylic acids is 1. The molecule has 2 aliphatic rings.